The fraction of sp³-hybridized carbons (Fsp3) is 0.625. The summed E-state index contributed by atoms with van der Waals surface area (Å²) in [7, 11) is 0. The van der Waals surface area contributed by atoms with Gasteiger partial charge in [-0.1, -0.05) is 12.1 Å². The molecule has 0 spiro atoms. The van der Waals surface area contributed by atoms with E-state index in [1.165, 1.54) is 5.56 Å². The van der Waals surface area contributed by atoms with Crippen LogP contribution in [0, 0.1) is 11.7 Å². The maximum absolute atomic E-state index is 13.1. The van der Waals surface area contributed by atoms with Crippen LogP contribution in [-0.2, 0) is 4.74 Å². The monoisotopic (exact) mass is 266 g/mol. The summed E-state index contributed by atoms with van der Waals surface area (Å²) >= 11 is 0. The molecule has 0 aromatic heterocycles. The van der Waals surface area contributed by atoms with E-state index in [2.05, 4.69) is 19.6 Å². The minimum atomic E-state index is -0.163. The van der Waals surface area contributed by atoms with Gasteiger partial charge in [0.25, 0.3) is 0 Å². The second kappa shape index (κ2) is 6.02. The summed E-state index contributed by atoms with van der Waals surface area (Å²) in [6.07, 6.45) is 3.22. The number of rotatable bonds is 4. The Balaban J connectivity index is 2.17. The van der Waals surface area contributed by atoms with E-state index in [9.17, 15) is 4.39 Å². The van der Waals surface area contributed by atoms with Crippen molar-refractivity contribution in [2.24, 2.45) is 5.92 Å². The van der Waals surface area contributed by atoms with Crippen molar-refractivity contribution >= 4 is 0 Å². The summed E-state index contributed by atoms with van der Waals surface area (Å²) in [5.41, 5.74) is 5.20. The molecule has 1 saturated heterocycles. The average Bonchev–Trinajstić information content (AvgIpc) is 2.36. The van der Waals surface area contributed by atoms with Crippen LogP contribution in [0.25, 0.3) is 0 Å². The van der Waals surface area contributed by atoms with E-state index in [0.717, 1.165) is 32.4 Å². The number of hydrogen-bond acceptors (Lipinski definition) is 1. The van der Waals surface area contributed by atoms with Crippen LogP contribution in [-0.4, -0.2) is 18.8 Å². The van der Waals surface area contributed by atoms with Crippen molar-refractivity contribution in [2.75, 3.05) is 13.2 Å². The van der Waals surface area contributed by atoms with E-state index in [1.807, 2.05) is 12.1 Å². The molecule has 3 N–H and O–H groups in total. The summed E-state index contributed by atoms with van der Waals surface area (Å²) in [4.78, 5) is 0. The van der Waals surface area contributed by atoms with Gasteiger partial charge in [-0.05, 0) is 56.2 Å². The molecule has 0 amide bonds. The van der Waals surface area contributed by atoms with Gasteiger partial charge in [0, 0.05) is 13.0 Å². The Hall–Kier alpha value is -0.930. The number of ether oxygens (including phenoxy) is 1. The van der Waals surface area contributed by atoms with Crippen molar-refractivity contribution in [3.05, 3.63) is 35.6 Å². The SMILES string of the molecule is CC1(C)CC(C(CC[NH3+])c2ccc(F)cc2)CCO1. The van der Waals surface area contributed by atoms with Gasteiger partial charge in [0.05, 0.1) is 12.1 Å². The third kappa shape index (κ3) is 3.77. The quantitative estimate of drug-likeness (QED) is 0.894. The van der Waals surface area contributed by atoms with Gasteiger partial charge in [-0.2, -0.15) is 0 Å². The molecule has 2 unspecified atom stereocenters. The summed E-state index contributed by atoms with van der Waals surface area (Å²) in [6.45, 7) is 6.06. The van der Waals surface area contributed by atoms with Crippen LogP contribution in [0.2, 0.25) is 0 Å². The fourth-order valence-corrected chi connectivity index (χ4v) is 3.23. The van der Waals surface area contributed by atoms with Crippen LogP contribution in [0.5, 0.6) is 0 Å². The van der Waals surface area contributed by atoms with Gasteiger partial charge in [-0.25, -0.2) is 4.39 Å². The second-order valence-corrected chi connectivity index (χ2v) is 6.16. The van der Waals surface area contributed by atoms with Gasteiger partial charge < -0.3 is 10.5 Å². The highest BCUT2D eigenvalue weighted by atomic mass is 19.1. The van der Waals surface area contributed by atoms with E-state index >= 15 is 0 Å². The molecule has 1 aromatic carbocycles. The predicted octanol–water partition coefficient (Wildman–Crippen LogP) is 2.75. The molecule has 0 aliphatic carbocycles. The Kier molecular flexibility index (Phi) is 4.58. The lowest BCUT2D eigenvalue weighted by Gasteiger charge is -2.39. The number of benzene rings is 1. The molecule has 2 rings (SSSR count). The number of hydrogen-bond donors (Lipinski definition) is 1. The lowest BCUT2D eigenvalue weighted by molar-refractivity contribution is -0.369. The smallest absolute Gasteiger partial charge is 0.123 e. The maximum Gasteiger partial charge on any atom is 0.123 e. The lowest BCUT2D eigenvalue weighted by Crippen LogP contribution is -2.51. The molecular formula is C16H25FNO+. The minimum absolute atomic E-state index is 0.0393. The molecule has 106 valence electrons. The zero-order valence-electron chi connectivity index (χ0n) is 12.0. The van der Waals surface area contributed by atoms with E-state index in [0.29, 0.717) is 11.8 Å². The largest absolute Gasteiger partial charge is 0.376 e. The first-order valence-corrected chi connectivity index (χ1v) is 7.20. The Labute approximate surface area is 115 Å². The van der Waals surface area contributed by atoms with Gasteiger partial charge in [0.2, 0.25) is 0 Å². The van der Waals surface area contributed by atoms with Crippen molar-refractivity contribution in [1.29, 1.82) is 0 Å². The molecule has 1 aromatic rings. The Bertz CT molecular complexity index is 402. The van der Waals surface area contributed by atoms with Gasteiger partial charge >= 0.3 is 0 Å². The zero-order valence-corrected chi connectivity index (χ0v) is 12.0. The van der Waals surface area contributed by atoms with Gasteiger partial charge in [0.15, 0.2) is 0 Å². The molecule has 1 heterocycles. The highest BCUT2D eigenvalue weighted by molar-refractivity contribution is 5.21. The molecule has 0 bridgehead atoms. The van der Waals surface area contributed by atoms with Gasteiger partial charge in [-0.3, -0.25) is 0 Å². The van der Waals surface area contributed by atoms with E-state index in [-0.39, 0.29) is 11.4 Å². The highest BCUT2D eigenvalue weighted by Crippen LogP contribution is 2.39. The molecule has 1 aliphatic heterocycles. The van der Waals surface area contributed by atoms with Gasteiger partial charge in [0.1, 0.15) is 5.82 Å². The fourth-order valence-electron chi connectivity index (χ4n) is 3.23. The standard InChI is InChI=1S/C16H24FNO/c1-16(2)11-13(8-10-19-16)15(7-9-18)12-3-5-14(17)6-4-12/h3-6,13,15H,7-11,18H2,1-2H3/p+1. The van der Waals surface area contributed by atoms with E-state index < -0.39 is 0 Å². The molecular weight excluding hydrogens is 241 g/mol. The Morgan fingerprint density at radius 1 is 1.37 bits per heavy atom. The van der Waals surface area contributed by atoms with E-state index in [4.69, 9.17) is 4.74 Å². The Morgan fingerprint density at radius 2 is 2.05 bits per heavy atom. The minimum Gasteiger partial charge on any atom is -0.376 e. The predicted molar refractivity (Wildman–Crippen MR) is 74.3 cm³/mol. The summed E-state index contributed by atoms with van der Waals surface area (Å²) in [5, 5.41) is 0. The van der Waals surface area contributed by atoms with Crippen molar-refractivity contribution in [3.63, 3.8) is 0 Å². The van der Waals surface area contributed by atoms with Crippen molar-refractivity contribution in [3.8, 4) is 0 Å². The van der Waals surface area contributed by atoms with Crippen molar-refractivity contribution < 1.29 is 14.9 Å². The van der Waals surface area contributed by atoms with E-state index in [1.54, 1.807) is 12.1 Å². The lowest BCUT2D eigenvalue weighted by atomic mass is 9.75. The maximum atomic E-state index is 13.1. The first-order valence-electron chi connectivity index (χ1n) is 7.20. The van der Waals surface area contributed by atoms with Gasteiger partial charge in [-0.15, -0.1) is 0 Å². The third-order valence-corrected chi connectivity index (χ3v) is 4.12. The molecule has 3 heteroatoms. The third-order valence-electron chi connectivity index (χ3n) is 4.12. The van der Waals surface area contributed by atoms with Crippen LogP contribution in [0.4, 0.5) is 4.39 Å². The normalized spacial score (nSPS) is 24.1. The van der Waals surface area contributed by atoms with Crippen LogP contribution >= 0.6 is 0 Å². The molecule has 0 radical (unpaired) electrons. The summed E-state index contributed by atoms with van der Waals surface area (Å²) < 4.78 is 18.9. The van der Waals surface area contributed by atoms with Crippen LogP contribution in [0.1, 0.15) is 44.6 Å². The molecule has 0 saturated carbocycles. The molecule has 2 nitrogen and oxygen atoms in total. The van der Waals surface area contributed by atoms with Crippen LogP contribution in [0.15, 0.2) is 24.3 Å². The molecule has 1 aliphatic rings. The molecule has 1 fully saturated rings. The van der Waals surface area contributed by atoms with Crippen molar-refractivity contribution in [2.45, 2.75) is 44.6 Å². The second-order valence-electron chi connectivity index (χ2n) is 6.16. The average molecular weight is 266 g/mol. The number of quaternary nitrogens is 1. The zero-order chi connectivity index (χ0) is 13.9. The Morgan fingerprint density at radius 3 is 2.63 bits per heavy atom. The summed E-state index contributed by atoms with van der Waals surface area (Å²) in [5.74, 6) is 0.918. The van der Waals surface area contributed by atoms with Crippen LogP contribution < -0.4 is 5.73 Å². The topological polar surface area (TPSA) is 36.9 Å². The van der Waals surface area contributed by atoms with Crippen molar-refractivity contribution in [1.82, 2.24) is 0 Å². The summed E-state index contributed by atoms with van der Waals surface area (Å²) in [6, 6.07) is 6.99. The van der Waals surface area contributed by atoms with Crippen LogP contribution in [0.3, 0.4) is 0 Å². The first-order chi connectivity index (χ1) is 9.02. The number of halogens is 1. The molecule has 2 atom stereocenters. The molecule has 19 heavy (non-hydrogen) atoms. The first kappa shape index (κ1) is 14.5. The highest BCUT2D eigenvalue weighted by Gasteiger charge is 2.34.